The van der Waals surface area contributed by atoms with Crippen molar-refractivity contribution in [3.63, 3.8) is 0 Å². The van der Waals surface area contributed by atoms with Crippen molar-refractivity contribution in [2.24, 2.45) is 7.05 Å². The number of aryl methyl sites for hydroxylation is 2. The van der Waals surface area contributed by atoms with Gasteiger partial charge in [-0.25, -0.2) is 4.68 Å². The number of nitrogen functional groups attached to an aromatic ring is 1. The molecule has 0 aromatic carbocycles. The molecule has 1 rings (SSSR count). The Morgan fingerprint density at radius 3 is 2.64 bits per heavy atom. The second-order valence-corrected chi connectivity index (χ2v) is 2.52. The van der Waals surface area contributed by atoms with Crippen LogP contribution >= 0.6 is 0 Å². The summed E-state index contributed by atoms with van der Waals surface area (Å²) in [6, 6.07) is 0. The zero-order valence-corrected chi connectivity index (χ0v) is 6.76. The number of anilines is 1. The first kappa shape index (κ1) is 8.04. The lowest BCUT2D eigenvalue weighted by Gasteiger charge is -1.90. The first-order valence-corrected chi connectivity index (χ1v) is 3.63. The van der Waals surface area contributed by atoms with Crippen LogP contribution in [-0.4, -0.2) is 9.78 Å². The van der Waals surface area contributed by atoms with Crippen molar-refractivity contribution in [3.8, 4) is 0 Å². The third kappa shape index (κ3) is 1.34. The predicted octanol–water partition coefficient (Wildman–Crippen LogP) is 1.09. The molecule has 4 heteroatoms. The van der Waals surface area contributed by atoms with E-state index < -0.39 is 5.95 Å². The summed E-state index contributed by atoms with van der Waals surface area (Å²) < 4.78 is 14.0. The van der Waals surface area contributed by atoms with E-state index in [9.17, 15) is 4.39 Å². The van der Waals surface area contributed by atoms with Crippen LogP contribution in [0.5, 0.6) is 0 Å². The Morgan fingerprint density at radius 1 is 1.64 bits per heavy atom. The molecule has 0 bridgehead atoms. The molecule has 0 spiro atoms. The predicted molar refractivity (Wildman–Crippen MR) is 41.6 cm³/mol. The number of hydrogen-bond acceptors (Lipinski definition) is 2. The standard InChI is InChI=1S/C7H12FN3/c1-3-4-5-6(9)7(8)11(2)10-5/h3-4,9H2,1-2H3. The van der Waals surface area contributed by atoms with Gasteiger partial charge in [0.05, 0.1) is 5.69 Å². The second kappa shape index (κ2) is 2.90. The minimum atomic E-state index is -0.437. The van der Waals surface area contributed by atoms with E-state index in [-0.39, 0.29) is 5.69 Å². The molecule has 0 unspecified atom stereocenters. The minimum Gasteiger partial charge on any atom is -0.393 e. The van der Waals surface area contributed by atoms with Crippen molar-refractivity contribution >= 4 is 5.69 Å². The molecule has 0 aliphatic carbocycles. The summed E-state index contributed by atoms with van der Waals surface area (Å²) in [7, 11) is 1.55. The van der Waals surface area contributed by atoms with Crippen LogP contribution in [0.25, 0.3) is 0 Å². The van der Waals surface area contributed by atoms with Crippen LogP contribution in [0.1, 0.15) is 19.0 Å². The van der Waals surface area contributed by atoms with Gasteiger partial charge in [0.25, 0.3) is 0 Å². The molecule has 1 heterocycles. The zero-order valence-electron chi connectivity index (χ0n) is 6.76. The summed E-state index contributed by atoms with van der Waals surface area (Å²) in [5.74, 6) is -0.437. The molecule has 0 aliphatic rings. The number of aromatic nitrogens is 2. The molecule has 1 aromatic rings. The van der Waals surface area contributed by atoms with Crippen LogP contribution in [-0.2, 0) is 13.5 Å². The Balaban J connectivity index is 2.98. The fraction of sp³-hybridized carbons (Fsp3) is 0.571. The number of nitrogens with two attached hydrogens (primary N) is 1. The highest BCUT2D eigenvalue weighted by Crippen LogP contribution is 2.15. The third-order valence-corrected chi connectivity index (χ3v) is 1.57. The van der Waals surface area contributed by atoms with Crippen molar-refractivity contribution in [3.05, 3.63) is 11.6 Å². The summed E-state index contributed by atoms with van der Waals surface area (Å²) in [5, 5.41) is 3.92. The lowest BCUT2D eigenvalue weighted by atomic mass is 10.2. The monoisotopic (exact) mass is 157 g/mol. The number of halogens is 1. The minimum absolute atomic E-state index is 0.189. The quantitative estimate of drug-likeness (QED) is 0.698. The number of nitrogens with zero attached hydrogens (tertiary/aromatic N) is 2. The third-order valence-electron chi connectivity index (χ3n) is 1.57. The van der Waals surface area contributed by atoms with Gasteiger partial charge >= 0.3 is 0 Å². The van der Waals surface area contributed by atoms with Crippen LogP contribution in [0.3, 0.4) is 0 Å². The van der Waals surface area contributed by atoms with Gasteiger partial charge in [0.1, 0.15) is 5.69 Å². The summed E-state index contributed by atoms with van der Waals surface area (Å²) in [6.45, 7) is 2.01. The van der Waals surface area contributed by atoms with Crippen LogP contribution < -0.4 is 5.73 Å². The molecule has 1 aromatic heterocycles. The average molecular weight is 157 g/mol. The molecular formula is C7H12FN3. The first-order valence-electron chi connectivity index (χ1n) is 3.63. The fourth-order valence-electron chi connectivity index (χ4n) is 0.994. The van der Waals surface area contributed by atoms with Crippen molar-refractivity contribution < 1.29 is 4.39 Å². The second-order valence-electron chi connectivity index (χ2n) is 2.52. The Labute approximate surface area is 65.0 Å². The van der Waals surface area contributed by atoms with E-state index in [2.05, 4.69) is 5.10 Å². The highest BCUT2D eigenvalue weighted by atomic mass is 19.1. The Kier molecular flexibility index (Phi) is 2.12. The maximum absolute atomic E-state index is 12.9. The van der Waals surface area contributed by atoms with Crippen molar-refractivity contribution in [2.45, 2.75) is 19.8 Å². The van der Waals surface area contributed by atoms with Gasteiger partial charge in [-0.3, -0.25) is 0 Å². The summed E-state index contributed by atoms with van der Waals surface area (Å²) in [5.41, 5.74) is 6.28. The average Bonchev–Trinajstić information content (AvgIpc) is 2.19. The lowest BCUT2D eigenvalue weighted by molar-refractivity contribution is 0.505. The fourth-order valence-corrected chi connectivity index (χ4v) is 0.994. The van der Waals surface area contributed by atoms with Gasteiger partial charge in [0.15, 0.2) is 0 Å². The topological polar surface area (TPSA) is 43.8 Å². The van der Waals surface area contributed by atoms with Crippen LogP contribution in [0.2, 0.25) is 0 Å². The Hall–Kier alpha value is -1.06. The maximum atomic E-state index is 12.9. The van der Waals surface area contributed by atoms with Gasteiger partial charge in [-0.2, -0.15) is 9.49 Å². The van der Waals surface area contributed by atoms with E-state index in [4.69, 9.17) is 5.73 Å². The van der Waals surface area contributed by atoms with Gasteiger partial charge in [-0.15, -0.1) is 0 Å². The summed E-state index contributed by atoms with van der Waals surface area (Å²) in [4.78, 5) is 0. The van der Waals surface area contributed by atoms with Gasteiger partial charge in [-0.1, -0.05) is 13.3 Å². The number of hydrogen-bond donors (Lipinski definition) is 1. The van der Waals surface area contributed by atoms with E-state index in [0.717, 1.165) is 12.8 Å². The molecule has 0 saturated heterocycles. The zero-order chi connectivity index (χ0) is 8.43. The van der Waals surface area contributed by atoms with E-state index in [1.807, 2.05) is 6.92 Å². The van der Waals surface area contributed by atoms with E-state index in [1.54, 1.807) is 7.05 Å². The SMILES string of the molecule is CCCc1nn(C)c(F)c1N. The highest BCUT2D eigenvalue weighted by molar-refractivity contribution is 5.42. The molecular weight excluding hydrogens is 145 g/mol. The van der Waals surface area contributed by atoms with Gasteiger partial charge in [0.2, 0.25) is 5.95 Å². The number of rotatable bonds is 2. The Morgan fingerprint density at radius 2 is 2.27 bits per heavy atom. The molecule has 62 valence electrons. The molecule has 11 heavy (non-hydrogen) atoms. The molecule has 3 nitrogen and oxygen atoms in total. The van der Waals surface area contributed by atoms with Crippen molar-refractivity contribution in [1.29, 1.82) is 0 Å². The maximum Gasteiger partial charge on any atom is 0.234 e. The van der Waals surface area contributed by atoms with Crippen LogP contribution in [0, 0.1) is 5.95 Å². The van der Waals surface area contributed by atoms with E-state index in [1.165, 1.54) is 4.68 Å². The molecule has 0 radical (unpaired) electrons. The van der Waals surface area contributed by atoms with Crippen molar-refractivity contribution in [2.75, 3.05) is 5.73 Å². The van der Waals surface area contributed by atoms with E-state index >= 15 is 0 Å². The molecule has 0 aliphatic heterocycles. The normalized spacial score (nSPS) is 10.5. The largest absolute Gasteiger partial charge is 0.393 e. The molecule has 0 saturated carbocycles. The van der Waals surface area contributed by atoms with Gasteiger partial charge < -0.3 is 5.73 Å². The first-order chi connectivity index (χ1) is 5.16. The Bertz CT molecular complexity index is 254. The molecule has 0 amide bonds. The van der Waals surface area contributed by atoms with Gasteiger partial charge in [-0.05, 0) is 6.42 Å². The summed E-state index contributed by atoms with van der Waals surface area (Å²) in [6.07, 6.45) is 1.67. The van der Waals surface area contributed by atoms with Gasteiger partial charge in [0, 0.05) is 7.05 Å². The molecule has 0 atom stereocenters. The lowest BCUT2D eigenvalue weighted by Crippen LogP contribution is -1.94. The highest BCUT2D eigenvalue weighted by Gasteiger charge is 2.10. The summed E-state index contributed by atoms with van der Waals surface area (Å²) >= 11 is 0. The van der Waals surface area contributed by atoms with Crippen LogP contribution in [0.4, 0.5) is 10.1 Å². The molecule has 2 N–H and O–H groups in total. The van der Waals surface area contributed by atoms with Crippen molar-refractivity contribution in [1.82, 2.24) is 9.78 Å². The van der Waals surface area contributed by atoms with Crippen LogP contribution in [0.15, 0.2) is 0 Å². The van der Waals surface area contributed by atoms with E-state index in [0.29, 0.717) is 5.69 Å². The molecule has 0 fully saturated rings. The smallest absolute Gasteiger partial charge is 0.234 e.